The molecule has 2 nitrogen and oxygen atoms in total. The van der Waals surface area contributed by atoms with E-state index in [4.69, 9.17) is 4.42 Å². The Morgan fingerprint density at radius 1 is 0.280 bits per heavy atom. The number of nitrogens with zero attached hydrogens (tertiary/aromatic N) is 1. The van der Waals surface area contributed by atoms with Gasteiger partial charge in [-0.3, -0.25) is 0 Å². The monoisotopic (exact) mass is 637 g/mol. The molecule has 0 saturated heterocycles. The summed E-state index contributed by atoms with van der Waals surface area (Å²) < 4.78 is 6.14. The number of hydrogen-bond acceptors (Lipinski definition) is 2. The van der Waals surface area contributed by atoms with E-state index in [-0.39, 0.29) is 0 Å². The second kappa shape index (κ2) is 11.5. The summed E-state index contributed by atoms with van der Waals surface area (Å²) in [5.74, 6) is 0. The second-order valence-corrected chi connectivity index (χ2v) is 13.0. The van der Waals surface area contributed by atoms with Gasteiger partial charge in [0.05, 0.1) is 0 Å². The molecule has 50 heavy (non-hydrogen) atoms. The first-order chi connectivity index (χ1) is 24.7. The maximum atomic E-state index is 6.14. The Morgan fingerprint density at radius 3 is 1.78 bits per heavy atom. The third-order valence-corrected chi connectivity index (χ3v) is 10.0. The van der Waals surface area contributed by atoms with Crippen molar-refractivity contribution in [3.05, 3.63) is 188 Å². The van der Waals surface area contributed by atoms with Crippen LogP contribution < -0.4 is 4.90 Å². The highest BCUT2D eigenvalue weighted by atomic mass is 16.3. The van der Waals surface area contributed by atoms with Gasteiger partial charge in [0.1, 0.15) is 11.2 Å². The summed E-state index contributed by atoms with van der Waals surface area (Å²) in [6.45, 7) is 0. The lowest BCUT2D eigenvalue weighted by atomic mass is 9.99. The maximum Gasteiger partial charge on any atom is 0.135 e. The summed E-state index contributed by atoms with van der Waals surface area (Å²) in [5, 5.41) is 9.76. The van der Waals surface area contributed by atoms with Crippen LogP contribution in [0.3, 0.4) is 0 Å². The molecule has 234 valence electrons. The van der Waals surface area contributed by atoms with Crippen molar-refractivity contribution >= 4 is 71.3 Å². The van der Waals surface area contributed by atoms with Gasteiger partial charge in [-0.1, -0.05) is 127 Å². The van der Waals surface area contributed by atoms with E-state index < -0.39 is 0 Å². The molecule has 10 rings (SSSR count). The number of hydrogen-bond donors (Lipinski definition) is 0. The zero-order chi connectivity index (χ0) is 33.0. The standard InChI is InChI=1S/C48H31NO/c1-2-10-35-28-37(18-16-32(35)8-1)33-20-23-40(24-21-33)49(42-25-26-44-39(30-42)19-17-34-9-3-4-13-43(34)44)41-12-7-11-36(29-41)38-22-27-48-46(31-38)45-14-5-6-15-47(45)50-48/h1-31H. The van der Waals surface area contributed by atoms with Crippen molar-refractivity contribution in [3.8, 4) is 22.3 Å². The quantitative estimate of drug-likeness (QED) is 0.175. The summed E-state index contributed by atoms with van der Waals surface area (Å²) in [6.07, 6.45) is 0. The normalized spacial score (nSPS) is 11.6. The van der Waals surface area contributed by atoms with Crippen LogP contribution in [-0.4, -0.2) is 0 Å². The van der Waals surface area contributed by atoms with E-state index in [1.165, 1.54) is 43.4 Å². The van der Waals surface area contributed by atoms with Gasteiger partial charge < -0.3 is 9.32 Å². The summed E-state index contributed by atoms with van der Waals surface area (Å²) in [7, 11) is 0. The van der Waals surface area contributed by atoms with E-state index in [0.29, 0.717) is 0 Å². The summed E-state index contributed by atoms with van der Waals surface area (Å²) in [4.78, 5) is 2.37. The molecule has 0 unspecified atom stereocenters. The molecule has 0 spiro atoms. The van der Waals surface area contributed by atoms with E-state index in [2.05, 4.69) is 181 Å². The lowest BCUT2D eigenvalue weighted by Crippen LogP contribution is -2.10. The molecule has 1 heterocycles. The Morgan fingerprint density at radius 2 is 0.880 bits per heavy atom. The van der Waals surface area contributed by atoms with Gasteiger partial charge in [0.25, 0.3) is 0 Å². The molecule has 10 aromatic rings. The Kier molecular flexibility index (Phi) is 6.53. The molecule has 0 N–H and O–H groups in total. The van der Waals surface area contributed by atoms with Gasteiger partial charge in [-0.2, -0.15) is 0 Å². The molecule has 0 aliphatic rings. The maximum absolute atomic E-state index is 6.14. The zero-order valence-electron chi connectivity index (χ0n) is 27.3. The molecular formula is C48H31NO. The summed E-state index contributed by atoms with van der Waals surface area (Å²) in [5.41, 5.74) is 9.84. The minimum atomic E-state index is 0.905. The molecule has 9 aromatic carbocycles. The fraction of sp³-hybridized carbons (Fsp3) is 0. The van der Waals surface area contributed by atoms with Crippen molar-refractivity contribution in [1.29, 1.82) is 0 Å². The first kappa shape index (κ1) is 28.4. The third kappa shape index (κ3) is 4.81. The molecule has 0 radical (unpaired) electrons. The van der Waals surface area contributed by atoms with Crippen LogP contribution in [0.2, 0.25) is 0 Å². The van der Waals surface area contributed by atoms with Gasteiger partial charge in [-0.25, -0.2) is 0 Å². The van der Waals surface area contributed by atoms with Crippen molar-refractivity contribution in [2.24, 2.45) is 0 Å². The van der Waals surface area contributed by atoms with Crippen molar-refractivity contribution in [2.45, 2.75) is 0 Å². The zero-order valence-corrected chi connectivity index (χ0v) is 27.3. The van der Waals surface area contributed by atoms with Gasteiger partial charge in [-0.05, 0) is 115 Å². The van der Waals surface area contributed by atoms with E-state index in [1.54, 1.807) is 0 Å². The fourth-order valence-corrected chi connectivity index (χ4v) is 7.49. The van der Waals surface area contributed by atoms with E-state index in [0.717, 1.165) is 50.1 Å². The summed E-state index contributed by atoms with van der Waals surface area (Å²) in [6, 6.07) is 67.7. The average Bonchev–Trinajstić information content (AvgIpc) is 3.56. The number of anilines is 3. The molecule has 2 heteroatoms. The van der Waals surface area contributed by atoms with Crippen molar-refractivity contribution in [3.63, 3.8) is 0 Å². The second-order valence-electron chi connectivity index (χ2n) is 13.0. The summed E-state index contributed by atoms with van der Waals surface area (Å²) >= 11 is 0. The van der Waals surface area contributed by atoms with Crippen LogP contribution in [0.15, 0.2) is 192 Å². The van der Waals surface area contributed by atoms with Crippen molar-refractivity contribution < 1.29 is 4.42 Å². The minimum absolute atomic E-state index is 0.905. The molecule has 0 saturated carbocycles. The van der Waals surface area contributed by atoms with Crippen LogP contribution in [-0.2, 0) is 0 Å². The number of furan rings is 1. The van der Waals surface area contributed by atoms with Gasteiger partial charge in [-0.15, -0.1) is 0 Å². The molecule has 1 aromatic heterocycles. The average molecular weight is 638 g/mol. The Balaban J connectivity index is 1.10. The Hall–Kier alpha value is -6.64. The number of rotatable bonds is 5. The van der Waals surface area contributed by atoms with Gasteiger partial charge in [0.15, 0.2) is 0 Å². The van der Waals surface area contributed by atoms with Crippen LogP contribution in [0.4, 0.5) is 17.1 Å². The number of fused-ring (bicyclic) bond motifs is 7. The van der Waals surface area contributed by atoms with E-state index in [9.17, 15) is 0 Å². The first-order valence-corrected chi connectivity index (χ1v) is 17.1. The topological polar surface area (TPSA) is 16.4 Å². The van der Waals surface area contributed by atoms with Crippen molar-refractivity contribution in [2.75, 3.05) is 4.90 Å². The molecule has 0 fully saturated rings. The molecular weight excluding hydrogens is 607 g/mol. The van der Waals surface area contributed by atoms with Gasteiger partial charge >= 0.3 is 0 Å². The highest BCUT2D eigenvalue weighted by Gasteiger charge is 2.16. The van der Waals surface area contributed by atoms with E-state index >= 15 is 0 Å². The molecule has 0 atom stereocenters. The van der Waals surface area contributed by atoms with Gasteiger partial charge in [0, 0.05) is 27.8 Å². The molecule has 0 bridgehead atoms. The minimum Gasteiger partial charge on any atom is -0.456 e. The smallest absolute Gasteiger partial charge is 0.135 e. The highest BCUT2D eigenvalue weighted by molar-refractivity contribution is 6.09. The van der Waals surface area contributed by atoms with E-state index in [1.807, 2.05) is 12.1 Å². The fourth-order valence-electron chi connectivity index (χ4n) is 7.49. The molecule has 0 aliphatic carbocycles. The number of benzene rings is 9. The predicted molar refractivity (Wildman–Crippen MR) is 212 cm³/mol. The Bertz CT molecular complexity index is 2880. The predicted octanol–water partition coefficient (Wildman–Crippen LogP) is 13.8. The number of para-hydroxylation sites is 1. The molecule has 0 aliphatic heterocycles. The van der Waals surface area contributed by atoms with Crippen LogP contribution in [0.25, 0.3) is 76.5 Å². The van der Waals surface area contributed by atoms with Crippen LogP contribution in [0.1, 0.15) is 0 Å². The highest BCUT2D eigenvalue weighted by Crippen LogP contribution is 2.40. The first-order valence-electron chi connectivity index (χ1n) is 17.1. The van der Waals surface area contributed by atoms with Crippen LogP contribution >= 0.6 is 0 Å². The lowest BCUT2D eigenvalue weighted by Gasteiger charge is -2.27. The van der Waals surface area contributed by atoms with Crippen LogP contribution in [0.5, 0.6) is 0 Å². The lowest BCUT2D eigenvalue weighted by molar-refractivity contribution is 0.669. The van der Waals surface area contributed by atoms with Crippen LogP contribution in [0, 0.1) is 0 Å². The van der Waals surface area contributed by atoms with Crippen molar-refractivity contribution in [1.82, 2.24) is 0 Å². The SMILES string of the molecule is c1cc(-c2ccc3oc4ccccc4c3c2)cc(N(c2ccc(-c3ccc4ccccc4c3)cc2)c2ccc3c(ccc4ccccc43)c2)c1. The third-order valence-electron chi connectivity index (χ3n) is 10.0. The largest absolute Gasteiger partial charge is 0.456 e. The molecule has 0 amide bonds. The Labute approximate surface area is 290 Å². The van der Waals surface area contributed by atoms with Gasteiger partial charge in [0.2, 0.25) is 0 Å².